The lowest BCUT2D eigenvalue weighted by Gasteiger charge is -2.15. The Morgan fingerprint density at radius 3 is 2.48 bits per heavy atom. The molecule has 21 heavy (non-hydrogen) atoms. The van der Waals surface area contributed by atoms with Gasteiger partial charge in [0.1, 0.15) is 0 Å². The van der Waals surface area contributed by atoms with E-state index in [1.165, 1.54) is 0 Å². The SMILES string of the molecule is Cc1ccccc1C(O)CNC(=O)CNc1ccccc1. The number of rotatable bonds is 6. The van der Waals surface area contributed by atoms with Crippen LogP contribution >= 0.6 is 0 Å². The van der Waals surface area contributed by atoms with E-state index in [2.05, 4.69) is 10.6 Å². The molecule has 0 saturated heterocycles. The minimum absolute atomic E-state index is 0.147. The van der Waals surface area contributed by atoms with Gasteiger partial charge in [0.2, 0.25) is 5.91 Å². The van der Waals surface area contributed by atoms with E-state index >= 15 is 0 Å². The third-order valence-electron chi connectivity index (χ3n) is 3.27. The van der Waals surface area contributed by atoms with Crippen LogP contribution in [0.2, 0.25) is 0 Å². The molecule has 4 nitrogen and oxygen atoms in total. The van der Waals surface area contributed by atoms with E-state index in [4.69, 9.17) is 0 Å². The Morgan fingerprint density at radius 1 is 1.10 bits per heavy atom. The predicted octanol–water partition coefficient (Wildman–Crippen LogP) is 2.26. The first kappa shape index (κ1) is 15.1. The largest absolute Gasteiger partial charge is 0.387 e. The van der Waals surface area contributed by atoms with Crippen molar-refractivity contribution in [2.45, 2.75) is 13.0 Å². The molecule has 0 bridgehead atoms. The summed E-state index contributed by atoms with van der Waals surface area (Å²) in [6, 6.07) is 17.1. The maximum atomic E-state index is 11.8. The third kappa shape index (κ3) is 4.61. The van der Waals surface area contributed by atoms with Gasteiger partial charge in [0.05, 0.1) is 12.6 Å². The molecular formula is C17H20N2O2. The molecule has 0 aliphatic carbocycles. The van der Waals surface area contributed by atoms with Crippen molar-refractivity contribution in [3.8, 4) is 0 Å². The smallest absolute Gasteiger partial charge is 0.239 e. The summed E-state index contributed by atoms with van der Waals surface area (Å²) in [5.74, 6) is -0.147. The van der Waals surface area contributed by atoms with Crippen LogP contribution in [0.5, 0.6) is 0 Å². The van der Waals surface area contributed by atoms with Crippen LogP contribution in [0, 0.1) is 6.92 Å². The van der Waals surface area contributed by atoms with Gasteiger partial charge in [-0.2, -0.15) is 0 Å². The van der Waals surface area contributed by atoms with Crippen molar-refractivity contribution in [3.63, 3.8) is 0 Å². The van der Waals surface area contributed by atoms with Gasteiger partial charge in [0.25, 0.3) is 0 Å². The molecule has 0 aromatic heterocycles. The fraction of sp³-hybridized carbons (Fsp3) is 0.235. The number of hydrogen-bond acceptors (Lipinski definition) is 3. The normalized spacial score (nSPS) is 11.7. The van der Waals surface area contributed by atoms with Crippen molar-refractivity contribution in [2.75, 3.05) is 18.4 Å². The molecule has 0 fully saturated rings. The second-order valence-corrected chi connectivity index (χ2v) is 4.90. The van der Waals surface area contributed by atoms with Gasteiger partial charge in [-0.05, 0) is 30.2 Å². The Morgan fingerprint density at radius 2 is 1.76 bits per heavy atom. The van der Waals surface area contributed by atoms with Crippen LogP contribution in [0.3, 0.4) is 0 Å². The van der Waals surface area contributed by atoms with Gasteiger partial charge in [-0.25, -0.2) is 0 Å². The Bertz CT molecular complexity index is 584. The van der Waals surface area contributed by atoms with Crippen LogP contribution < -0.4 is 10.6 Å². The average Bonchev–Trinajstić information content (AvgIpc) is 2.52. The minimum Gasteiger partial charge on any atom is -0.387 e. The van der Waals surface area contributed by atoms with Gasteiger partial charge < -0.3 is 15.7 Å². The molecule has 0 spiro atoms. The van der Waals surface area contributed by atoms with E-state index in [0.29, 0.717) is 0 Å². The summed E-state index contributed by atoms with van der Waals surface area (Å²) in [5, 5.41) is 15.9. The lowest BCUT2D eigenvalue weighted by atomic mass is 10.0. The molecule has 1 atom stereocenters. The molecule has 2 aromatic rings. The second kappa shape index (κ2) is 7.45. The Hall–Kier alpha value is -2.33. The molecule has 0 aliphatic heterocycles. The highest BCUT2D eigenvalue weighted by atomic mass is 16.3. The summed E-state index contributed by atoms with van der Waals surface area (Å²) in [5.41, 5.74) is 2.75. The molecule has 3 N–H and O–H groups in total. The average molecular weight is 284 g/mol. The van der Waals surface area contributed by atoms with Gasteiger partial charge in [-0.3, -0.25) is 4.79 Å². The highest BCUT2D eigenvalue weighted by Gasteiger charge is 2.11. The molecule has 0 heterocycles. The highest BCUT2D eigenvalue weighted by molar-refractivity contribution is 5.80. The van der Waals surface area contributed by atoms with Crippen LogP contribution in [-0.4, -0.2) is 24.1 Å². The van der Waals surface area contributed by atoms with Crippen molar-refractivity contribution in [1.82, 2.24) is 5.32 Å². The quantitative estimate of drug-likeness (QED) is 0.762. The Balaban J connectivity index is 1.77. The molecule has 2 aromatic carbocycles. The standard InChI is InChI=1S/C17H20N2O2/c1-13-7-5-6-10-15(13)16(20)11-19-17(21)12-18-14-8-3-2-4-9-14/h2-10,16,18,20H,11-12H2,1H3,(H,19,21). The summed E-state index contributed by atoms with van der Waals surface area (Å²) in [7, 11) is 0. The fourth-order valence-corrected chi connectivity index (χ4v) is 2.08. The highest BCUT2D eigenvalue weighted by Crippen LogP contribution is 2.16. The van der Waals surface area contributed by atoms with E-state index in [0.717, 1.165) is 16.8 Å². The van der Waals surface area contributed by atoms with E-state index in [9.17, 15) is 9.90 Å². The molecule has 4 heteroatoms. The first-order chi connectivity index (χ1) is 10.2. The summed E-state index contributed by atoms with van der Waals surface area (Å²) in [6.45, 7) is 2.34. The lowest BCUT2D eigenvalue weighted by molar-refractivity contribution is -0.119. The zero-order valence-corrected chi connectivity index (χ0v) is 12.0. The number of nitrogens with one attached hydrogen (secondary N) is 2. The van der Waals surface area contributed by atoms with E-state index in [-0.39, 0.29) is 19.0 Å². The van der Waals surface area contributed by atoms with Crippen LogP contribution in [0.25, 0.3) is 0 Å². The molecule has 1 amide bonds. The predicted molar refractivity (Wildman–Crippen MR) is 84.1 cm³/mol. The Labute approximate surface area is 124 Å². The number of carbonyl (C=O) groups excluding carboxylic acids is 1. The molecule has 0 saturated carbocycles. The molecule has 1 unspecified atom stereocenters. The Kier molecular flexibility index (Phi) is 5.35. The van der Waals surface area contributed by atoms with Crippen molar-refractivity contribution in [2.24, 2.45) is 0 Å². The number of benzene rings is 2. The van der Waals surface area contributed by atoms with Crippen molar-refractivity contribution in [3.05, 3.63) is 65.7 Å². The second-order valence-electron chi connectivity index (χ2n) is 4.90. The molecule has 2 rings (SSSR count). The van der Waals surface area contributed by atoms with Crippen LogP contribution in [0.1, 0.15) is 17.2 Å². The van der Waals surface area contributed by atoms with Gasteiger partial charge in [0.15, 0.2) is 0 Å². The van der Waals surface area contributed by atoms with Gasteiger partial charge >= 0.3 is 0 Å². The maximum Gasteiger partial charge on any atom is 0.239 e. The third-order valence-corrected chi connectivity index (χ3v) is 3.27. The molecule has 110 valence electrons. The number of anilines is 1. The number of para-hydroxylation sites is 1. The van der Waals surface area contributed by atoms with E-state index < -0.39 is 6.10 Å². The molecule has 0 radical (unpaired) electrons. The van der Waals surface area contributed by atoms with Gasteiger partial charge in [-0.15, -0.1) is 0 Å². The number of aryl methyl sites for hydroxylation is 1. The summed E-state index contributed by atoms with van der Waals surface area (Å²) in [4.78, 5) is 11.8. The van der Waals surface area contributed by atoms with Gasteiger partial charge in [0, 0.05) is 12.2 Å². The minimum atomic E-state index is -0.688. The van der Waals surface area contributed by atoms with Crippen molar-refractivity contribution < 1.29 is 9.90 Å². The first-order valence-electron chi connectivity index (χ1n) is 6.96. The zero-order valence-electron chi connectivity index (χ0n) is 12.0. The zero-order chi connectivity index (χ0) is 15.1. The fourth-order valence-electron chi connectivity index (χ4n) is 2.08. The first-order valence-corrected chi connectivity index (χ1v) is 6.96. The summed E-state index contributed by atoms with van der Waals surface area (Å²) < 4.78 is 0. The van der Waals surface area contributed by atoms with Crippen LogP contribution in [0.15, 0.2) is 54.6 Å². The molecule has 0 aliphatic rings. The van der Waals surface area contributed by atoms with Crippen LogP contribution in [-0.2, 0) is 4.79 Å². The van der Waals surface area contributed by atoms with Crippen LogP contribution in [0.4, 0.5) is 5.69 Å². The molecular weight excluding hydrogens is 264 g/mol. The number of hydrogen-bond donors (Lipinski definition) is 3. The number of carbonyl (C=O) groups is 1. The van der Waals surface area contributed by atoms with E-state index in [1.54, 1.807) is 0 Å². The number of amides is 1. The monoisotopic (exact) mass is 284 g/mol. The maximum absolute atomic E-state index is 11.8. The topological polar surface area (TPSA) is 61.4 Å². The van der Waals surface area contributed by atoms with Crippen molar-refractivity contribution >= 4 is 11.6 Å². The number of aliphatic hydroxyl groups is 1. The van der Waals surface area contributed by atoms with E-state index in [1.807, 2.05) is 61.5 Å². The van der Waals surface area contributed by atoms with Gasteiger partial charge in [-0.1, -0.05) is 42.5 Å². The lowest BCUT2D eigenvalue weighted by Crippen LogP contribution is -2.33. The number of aliphatic hydroxyl groups excluding tert-OH is 1. The summed E-state index contributed by atoms with van der Waals surface area (Å²) >= 11 is 0. The van der Waals surface area contributed by atoms with Crippen molar-refractivity contribution in [1.29, 1.82) is 0 Å². The summed E-state index contributed by atoms with van der Waals surface area (Å²) in [6.07, 6.45) is -0.688.